The number of hydrogen-bond acceptors (Lipinski definition) is 8. The standard InChI is InChI=1S/C29H29N7O3S/c1-19-13-20(14-27(37)35-21-16-34-36(18-21)29(2,3)4)5-8-25(19)39-26-9-10-32-24-7-6-22(15-23(24)26)40(30,38)28-17-31-11-12-33-28/h5-13,15-18,30H,14H2,1-4H3,(H,35,37). The lowest BCUT2D eigenvalue weighted by Crippen LogP contribution is -2.22. The van der Waals surface area contributed by atoms with Crippen LogP contribution in [0, 0.1) is 11.7 Å². The maximum absolute atomic E-state index is 13.3. The zero-order valence-electron chi connectivity index (χ0n) is 22.6. The fraction of sp³-hybridized carbons (Fsp3) is 0.207. The second kappa shape index (κ2) is 10.5. The highest BCUT2D eigenvalue weighted by molar-refractivity contribution is 7.92. The summed E-state index contributed by atoms with van der Waals surface area (Å²) in [6, 6.07) is 12.3. The summed E-state index contributed by atoms with van der Waals surface area (Å²) in [6.45, 7) is 8.03. The lowest BCUT2D eigenvalue weighted by Gasteiger charge is -2.18. The molecule has 0 saturated carbocycles. The Balaban J connectivity index is 1.35. The summed E-state index contributed by atoms with van der Waals surface area (Å²) in [7, 11) is -3.37. The molecule has 10 nitrogen and oxygen atoms in total. The van der Waals surface area contributed by atoms with E-state index in [1.54, 1.807) is 36.7 Å². The summed E-state index contributed by atoms with van der Waals surface area (Å²) in [6.07, 6.45) is 9.51. The minimum Gasteiger partial charge on any atom is -0.456 e. The van der Waals surface area contributed by atoms with Crippen molar-refractivity contribution >= 4 is 32.2 Å². The van der Waals surface area contributed by atoms with Gasteiger partial charge in [-0.05, 0) is 69.2 Å². The zero-order chi connectivity index (χ0) is 28.5. The molecule has 2 N–H and O–H groups in total. The van der Waals surface area contributed by atoms with Crippen molar-refractivity contribution in [2.45, 2.75) is 49.6 Å². The van der Waals surface area contributed by atoms with E-state index in [-0.39, 0.29) is 27.8 Å². The highest BCUT2D eigenvalue weighted by Gasteiger charge is 2.18. The van der Waals surface area contributed by atoms with E-state index in [2.05, 4.69) is 25.4 Å². The molecule has 1 atom stereocenters. The molecule has 1 amide bonds. The average Bonchev–Trinajstić information content (AvgIpc) is 3.39. The SMILES string of the molecule is Cc1cc(CC(=O)Nc2cnn(C(C)(C)C)c2)ccc1Oc1ccnc2ccc(S(=N)(=O)c3cnccn3)cc12. The molecule has 0 fully saturated rings. The van der Waals surface area contributed by atoms with Crippen LogP contribution in [0.5, 0.6) is 11.5 Å². The Hall–Kier alpha value is -4.64. The van der Waals surface area contributed by atoms with Gasteiger partial charge in [0, 0.05) is 30.2 Å². The number of aromatic nitrogens is 5. The fourth-order valence-electron chi connectivity index (χ4n) is 4.12. The number of carbonyl (C=O) groups is 1. The Bertz CT molecular complexity index is 1810. The third-order valence-corrected chi connectivity index (χ3v) is 7.93. The number of fused-ring (bicyclic) bond motifs is 1. The first kappa shape index (κ1) is 26.9. The van der Waals surface area contributed by atoms with E-state index in [9.17, 15) is 9.00 Å². The van der Waals surface area contributed by atoms with Crippen LogP contribution in [-0.4, -0.2) is 34.8 Å². The van der Waals surface area contributed by atoms with Crippen molar-refractivity contribution in [1.82, 2.24) is 24.7 Å². The minimum atomic E-state index is -3.37. The van der Waals surface area contributed by atoms with Crippen molar-refractivity contribution < 1.29 is 13.7 Å². The number of benzene rings is 2. The number of rotatable bonds is 7. The van der Waals surface area contributed by atoms with Crippen molar-refractivity contribution in [3.8, 4) is 11.5 Å². The maximum atomic E-state index is 13.3. The molecule has 5 aromatic rings. The first-order valence-electron chi connectivity index (χ1n) is 12.6. The molecule has 2 aromatic carbocycles. The average molecular weight is 556 g/mol. The molecule has 3 heterocycles. The molecule has 0 spiro atoms. The molecule has 40 heavy (non-hydrogen) atoms. The van der Waals surface area contributed by atoms with Gasteiger partial charge in [-0.3, -0.25) is 19.4 Å². The summed E-state index contributed by atoms with van der Waals surface area (Å²) in [4.78, 5) is 25.3. The van der Waals surface area contributed by atoms with Gasteiger partial charge >= 0.3 is 0 Å². The monoisotopic (exact) mass is 555 g/mol. The second-order valence-corrected chi connectivity index (χ2v) is 12.4. The van der Waals surface area contributed by atoms with E-state index >= 15 is 0 Å². The van der Waals surface area contributed by atoms with Gasteiger partial charge in [-0.1, -0.05) is 12.1 Å². The van der Waals surface area contributed by atoms with Gasteiger partial charge in [0.15, 0.2) is 5.03 Å². The van der Waals surface area contributed by atoms with Crippen LogP contribution >= 0.6 is 0 Å². The van der Waals surface area contributed by atoms with Gasteiger partial charge in [-0.2, -0.15) is 5.10 Å². The number of nitrogens with one attached hydrogen (secondary N) is 2. The van der Waals surface area contributed by atoms with Crippen LogP contribution in [-0.2, 0) is 26.5 Å². The molecule has 0 radical (unpaired) electrons. The van der Waals surface area contributed by atoms with E-state index in [1.165, 1.54) is 18.6 Å². The molecular weight excluding hydrogens is 526 g/mol. The summed E-state index contributed by atoms with van der Waals surface area (Å²) in [5, 5.41) is 7.91. The van der Waals surface area contributed by atoms with Gasteiger partial charge < -0.3 is 10.1 Å². The minimum absolute atomic E-state index is 0.0826. The molecule has 0 aliphatic carbocycles. The van der Waals surface area contributed by atoms with Gasteiger partial charge in [-0.15, -0.1) is 0 Å². The number of carbonyl (C=O) groups excluding carboxylic acids is 1. The lowest BCUT2D eigenvalue weighted by atomic mass is 10.1. The number of nitrogens with zero attached hydrogens (tertiary/aromatic N) is 5. The predicted molar refractivity (Wildman–Crippen MR) is 152 cm³/mol. The summed E-state index contributed by atoms with van der Waals surface area (Å²) in [5.74, 6) is 0.968. The molecular formula is C29H29N7O3S. The van der Waals surface area contributed by atoms with Crippen LogP contribution in [0.4, 0.5) is 5.69 Å². The van der Waals surface area contributed by atoms with E-state index in [0.29, 0.717) is 28.1 Å². The van der Waals surface area contributed by atoms with Gasteiger partial charge in [-0.25, -0.2) is 14.0 Å². The topological polar surface area (TPSA) is 136 Å². The Morgan fingerprint density at radius 1 is 1.02 bits per heavy atom. The van der Waals surface area contributed by atoms with E-state index in [4.69, 9.17) is 9.52 Å². The molecule has 0 bridgehead atoms. The normalized spacial score (nSPS) is 13.1. The van der Waals surface area contributed by atoms with Gasteiger partial charge in [0.1, 0.15) is 21.2 Å². The van der Waals surface area contributed by atoms with Gasteiger partial charge in [0.25, 0.3) is 0 Å². The van der Waals surface area contributed by atoms with Crippen LogP contribution in [0.1, 0.15) is 31.9 Å². The fourth-order valence-corrected chi connectivity index (χ4v) is 5.33. The molecule has 204 valence electrons. The van der Waals surface area contributed by atoms with Gasteiger partial charge in [0.2, 0.25) is 5.91 Å². The molecule has 0 aliphatic heterocycles. The Labute approximate surface area is 232 Å². The van der Waals surface area contributed by atoms with Crippen molar-refractivity contribution in [2.24, 2.45) is 0 Å². The lowest BCUT2D eigenvalue weighted by molar-refractivity contribution is -0.115. The number of aryl methyl sites for hydroxylation is 1. The van der Waals surface area contributed by atoms with Crippen molar-refractivity contribution in [1.29, 1.82) is 4.78 Å². The number of hydrogen-bond donors (Lipinski definition) is 2. The molecule has 0 aliphatic rings. The van der Waals surface area contributed by atoms with Crippen LogP contribution in [0.2, 0.25) is 0 Å². The molecule has 11 heteroatoms. The van der Waals surface area contributed by atoms with Crippen LogP contribution in [0.25, 0.3) is 10.9 Å². The quantitative estimate of drug-likeness (QED) is 0.262. The number of anilines is 1. The second-order valence-electron chi connectivity index (χ2n) is 10.4. The Morgan fingerprint density at radius 3 is 2.55 bits per heavy atom. The van der Waals surface area contributed by atoms with Crippen molar-refractivity contribution in [3.05, 3.63) is 90.8 Å². The highest BCUT2D eigenvalue weighted by atomic mass is 32.2. The zero-order valence-corrected chi connectivity index (χ0v) is 23.4. The first-order valence-corrected chi connectivity index (χ1v) is 14.1. The number of amides is 1. The smallest absolute Gasteiger partial charge is 0.228 e. The molecule has 0 saturated heterocycles. The molecule has 1 unspecified atom stereocenters. The number of pyridine rings is 1. The number of ether oxygens (including phenoxy) is 1. The van der Waals surface area contributed by atoms with Gasteiger partial charge in [0.05, 0.1) is 40.5 Å². The largest absolute Gasteiger partial charge is 0.456 e. The highest BCUT2D eigenvalue weighted by Crippen LogP contribution is 2.33. The first-order chi connectivity index (χ1) is 19.0. The predicted octanol–water partition coefficient (Wildman–Crippen LogP) is 5.72. The maximum Gasteiger partial charge on any atom is 0.228 e. The van der Waals surface area contributed by atoms with E-state index < -0.39 is 9.73 Å². The van der Waals surface area contributed by atoms with Crippen molar-refractivity contribution in [2.75, 3.05) is 5.32 Å². The van der Waals surface area contributed by atoms with E-state index in [1.807, 2.05) is 56.8 Å². The third kappa shape index (κ3) is 5.69. The van der Waals surface area contributed by atoms with Crippen molar-refractivity contribution in [3.63, 3.8) is 0 Å². The Kier molecular flexibility index (Phi) is 7.07. The Morgan fingerprint density at radius 2 is 1.85 bits per heavy atom. The summed E-state index contributed by atoms with van der Waals surface area (Å²) in [5.41, 5.74) is 2.79. The molecule has 3 aromatic heterocycles. The van der Waals surface area contributed by atoms with Crippen LogP contribution in [0.15, 0.2) is 89.6 Å². The van der Waals surface area contributed by atoms with E-state index in [0.717, 1.165) is 11.1 Å². The van der Waals surface area contributed by atoms with Crippen LogP contribution < -0.4 is 10.1 Å². The van der Waals surface area contributed by atoms with Crippen LogP contribution in [0.3, 0.4) is 0 Å². The molecule has 5 rings (SSSR count). The summed E-state index contributed by atoms with van der Waals surface area (Å²) >= 11 is 0. The summed E-state index contributed by atoms with van der Waals surface area (Å²) < 4.78 is 29.9. The third-order valence-electron chi connectivity index (χ3n) is 6.22.